The van der Waals surface area contributed by atoms with Crippen molar-refractivity contribution in [3.63, 3.8) is 0 Å². The minimum absolute atomic E-state index is 0.432. The van der Waals surface area contributed by atoms with Gasteiger partial charge in [-0.05, 0) is 42.9 Å². The zero-order valence-electron chi connectivity index (χ0n) is 11.8. The normalized spacial score (nSPS) is 19.3. The van der Waals surface area contributed by atoms with Crippen molar-refractivity contribution in [2.24, 2.45) is 0 Å². The summed E-state index contributed by atoms with van der Waals surface area (Å²) in [7, 11) is -3.28. The van der Waals surface area contributed by atoms with Crippen molar-refractivity contribution in [2.45, 2.75) is 50.3 Å². The van der Waals surface area contributed by atoms with Crippen LogP contribution in [-0.2, 0) is 10.0 Å². The van der Waals surface area contributed by atoms with Crippen LogP contribution in [0.15, 0.2) is 29.2 Å². The second-order valence-electron chi connectivity index (χ2n) is 5.34. The monoisotopic (exact) mass is 281 g/mol. The topological polar surface area (TPSA) is 37.4 Å². The molecular formula is C15H23NO2S. The molecule has 1 heterocycles. The summed E-state index contributed by atoms with van der Waals surface area (Å²) in [5, 5.41) is 0. The Morgan fingerprint density at radius 3 is 2.21 bits per heavy atom. The van der Waals surface area contributed by atoms with Gasteiger partial charge in [-0.1, -0.05) is 32.4 Å². The Morgan fingerprint density at radius 2 is 1.68 bits per heavy atom. The Labute approximate surface area is 116 Å². The van der Waals surface area contributed by atoms with Crippen LogP contribution >= 0.6 is 0 Å². The summed E-state index contributed by atoms with van der Waals surface area (Å²) in [5.41, 5.74) is 1.21. The highest BCUT2D eigenvalue weighted by atomic mass is 32.2. The molecule has 1 saturated heterocycles. The van der Waals surface area contributed by atoms with Crippen LogP contribution in [0.5, 0.6) is 0 Å². The van der Waals surface area contributed by atoms with E-state index in [1.165, 1.54) is 5.56 Å². The molecule has 0 radical (unpaired) electrons. The highest BCUT2D eigenvalue weighted by Crippen LogP contribution is 2.24. The lowest BCUT2D eigenvalue weighted by molar-refractivity contribution is 0.346. The highest BCUT2D eigenvalue weighted by molar-refractivity contribution is 7.89. The van der Waals surface area contributed by atoms with E-state index >= 15 is 0 Å². The fraction of sp³-hybridized carbons (Fsp3) is 0.600. The molecule has 0 aromatic heterocycles. The number of nitrogens with zero attached hydrogens (tertiary/aromatic N) is 1. The third-order valence-electron chi connectivity index (χ3n) is 4.01. The van der Waals surface area contributed by atoms with Crippen LogP contribution in [0, 0.1) is 0 Å². The summed E-state index contributed by atoms with van der Waals surface area (Å²) in [6.45, 7) is 5.63. The fourth-order valence-corrected chi connectivity index (χ4v) is 3.98. The van der Waals surface area contributed by atoms with E-state index in [1.807, 2.05) is 12.1 Å². The summed E-state index contributed by atoms with van der Waals surface area (Å²) in [6, 6.07) is 7.41. The zero-order valence-corrected chi connectivity index (χ0v) is 12.6. The average Bonchev–Trinajstić information content (AvgIpc) is 2.47. The lowest BCUT2D eigenvalue weighted by Crippen LogP contribution is -2.35. The molecule has 19 heavy (non-hydrogen) atoms. The van der Waals surface area contributed by atoms with Crippen molar-refractivity contribution >= 4 is 10.0 Å². The smallest absolute Gasteiger partial charge is 0.207 e. The zero-order chi connectivity index (χ0) is 13.9. The Morgan fingerprint density at radius 1 is 1.11 bits per heavy atom. The van der Waals surface area contributed by atoms with Crippen LogP contribution in [0.4, 0.5) is 0 Å². The molecule has 0 aliphatic carbocycles. The lowest BCUT2D eigenvalue weighted by atomic mass is 9.99. The summed E-state index contributed by atoms with van der Waals surface area (Å²) < 4.78 is 26.5. The predicted molar refractivity (Wildman–Crippen MR) is 77.8 cm³/mol. The van der Waals surface area contributed by atoms with E-state index in [2.05, 4.69) is 13.8 Å². The van der Waals surface area contributed by atoms with E-state index in [4.69, 9.17) is 0 Å². The molecule has 4 heteroatoms. The fourth-order valence-electron chi connectivity index (χ4n) is 2.46. The van der Waals surface area contributed by atoms with Gasteiger partial charge < -0.3 is 0 Å². The standard InChI is InChI=1S/C15H23NO2S/c1-3-13(2)14-7-9-15(10-8-14)19(17,18)16-11-5-4-6-12-16/h7-10,13H,3-6,11-12H2,1-2H3/t13-/m1/s1. The maximum absolute atomic E-state index is 12.5. The third-order valence-corrected chi connectivity index (χ3v) is 5.93. The van der Waals surface area contributed by atoms with Crippen LogP contribution in [0.1, 0.15) is 51.0 Å². The molecule has 0 unspecified atom stereocenters. The minimum atomic E-state index is -3.28. The SMILES string of the molecule is CC[C@@H](C)c1ccc(S(=O)(=O)N2CCCCC2)cc1. The van der Waals surface area contributed by atoms with Gasteiger partial charge in [-0.25, -0.2) is 8.42 Å². The van der Waals surface area contributed by atoms with Gasteiger partial charge in [0.15, 0.2) is 0 Å². The van der Waals surface area contributed by atoms with E-state index < -0.39 is 10.0 Å². The van der Waals surface area contributed by atoms with E-state index in [-0.39, 0.29) is 0 Å². The largest absolute Gasteiger partial charge is 0.243 e. The number of rotatable bonds is 4. The maximum atomic E-state index is 12.5. The molecule has 1 aliphatic rings. The van der Waals surface area contributed by atoms with Gasteiger partial charge >= 0.3 is 0 Å². The minimum Gasteiger partial charge on any atom is -0.207 e. The quantitative estimate of drug-likeness (QED) is 0.848. The molecule has 2 rings (SSSR count). The van der Waals surface area contributed by atoms with Gasteiger partial charge in [0.1, 0.15) is 0 Å². The van der Waals surface area contributed by atoms with Crippen molar-refractivity contribution in [3.8, 4) is 0 Å². The molecule has 0 spiro atoms. The number of hydrogen-bond acceptors (Lipinski definition) is 2. The van der Waals surface area contributed by atoms with Gasteiger partial charge in [-0.15, -0.1) is 0 Å². The Balaban J connectivity index is 2.21. The summed E-state index contributed by atoms with van der Waals surface area (Å²) >= 11 is 0. The van der Waals surface area contributed by atoms with Gasteiger partial charge in [0.2, 0.25) is 10.0 Å². The number of piperidine rings is 1. The van der Waals surface area contributed by atoms with Crippen molar-refractivity contribution in [3.05, 3.63) is 29.8 Å². The first-order chi connectivity index (χ1) is 9.05. The van der Waals surface area contributed by atoms with Gasteiger partial charge in [-0.3, -0.25) is 0 Å². The van der Waals surface area contributed by atoms with Gasteiger partial charge in [0, 0.05) is 13.1 Å². The van der Waals surface area contributed by atoms with Crippen LogP contribution in [0.25, 0.3) is 0 Å². The molecule has 0 N–H and O–H groups in total. The molecule has 0 amide bonds. The Kier molecular flexibility index (Phi) is 4.63. The molecule has 1 aromatic rings. The second kappa shape index (κ2) is 6.06. The number of hydrogen-bond donors (Lipinski definition) is 0. The van der Waals surface area contributed by atoms with Crippen molar-refractivity contribution in [1.29, 1.82) is 0 Å². The van der Waals surface area contributed by atoms with E-state index in [1.54, 1.807) is 16.4 Å². The molecule has 0 bridgehead atoms. The summed E-state index contributed by atoms with van der Waals surface area (Å²) in [4.78, 5) is 0.432. The van der Waals surface area contributed by atoms with E-state index in [0.717, 1.165) is 25.7 Å². The maximum Gasteiger partial charge on any atom is 0.243 e. The number of sulfonamides is 1. The third kappa shape index (κ3) is 3.18. The number of benzene rings is 1. The van der Waals surface area contributed by atoms with Crippen molar-refractivity contribution < 1.29 is 8.42 Å². The molecule has 106 valence electrons. The Hall–Kier alpha value is -0.870. The molecule has 1 fully saturated rings. The molecule has 0 saturated carbocycles. The van der Waals surface area contributed by atoms with Crippen LogP contribution in [-0.4, -0.2) is 25.8 Å². The molecule has 1 aromatic carbocycles. The first kappa shape index (κ1) is 14.5. The summed E-state index contributed by atoms with van der Waals surface area (Å²) in [5.74, 6) is 0.478. The molecule has 3 nitrogen and oxygen atoms in total. The van der Waals surface area contributed by atoms with Crippen LogP contribution in [0.3, 0.4) is 0 Å². The first-order valence-corrected chi connectivity index (χ1v) is 8.60. The van der Waals surface area contributed by atoms with Gasteiger partial charge in [-0.2, -0.15) is 4.31 Å². The lowest BCUT2D eigenvalue weighted by Gasteiger charge is -2.26. The van der Waals surface area contributed by atoms with E-state index in [0.29, 0.717) is 23.9 Å². The average molecular weight is 281 g/mol. The van der Waals surface area contributed by atoms with Gasteiger partial charge in [0.05, 0.1) is 4.90 Å². The Bertz CT molecular complexity index is 501. The summed E-state index contributed by atoms with van der Waals surface area (Å²) in [6.07, 6.45) is 4.16. The first-order valence-electron chi connectivity index (χ1n) is 7.16. The molecule has 1 atom stereocenters. The van der Waals surface area contributed by atoms with Gasteiger partial charge in [0.25, 0.3) is 0 Å². The molecule has 1 aliphatic heterocycles. The van der Waals surface area contributed by atoms with E-state index in [9.17, 15) is 8.42 Å². The van der Waals surface area contributed by atoms with Crippen LogP contribution < -0.4 is 0 Å². The second-order valence-corrected chi connectivity index (χ2v) is 7.28. The predicted octanol–water partition coefficient (Wildman–Crippen LogP) is 3.37. The highest BCUT2D eigenvalue weighted by Gasteiger charge is 2.25. The molecular weight excluding hydrogens is 258 g/mol. The van der Waals surface area contributed by atoms with Crippen LogP contribution in [0.2, 0.25) is 0 Å². The van der Waals surface area contributed by atoms with Crippen molar-refractivity contribution in [1.82, 2.24) is 4.31 Å². The van der Waals surface area contributed by atoms with Crippen molar-refractivity contribution in [2.75, 3.05) is 13.1 Å².